The number of unbranched alkanes of at least 4 members (excludes halogenated alkanes) is 18. The monoisotopic (exact) mass is 806 g/mol. The molecule has 0 heterocycles. The highest BCUT2D eigenvalue weighted by molar-refractivity contribution is 7.47. The molecule has 0 spiro atoms. The van der Waals surface area contributed by atoms with Crippen LogP contribution in [0.3, 0.4) is 0 Å². The number of allylic oxidation sites excluding steroid dienone is 4. The van der Waals surface area contributed by atoms with Crippen LogP contribution in [0.15, 0.2) is 24.3 Å². The van der Waals surface area contributed by atoms with Crippen LogP contribution in [0.5, 0.6) is 0 Å². The van der Waals surface area contributed by atoms with Gasteiger partial charge in [0.25, 0.3) is 0 Å². The Morgan fingerprint density at radius 3 is 1.51 bits per heavy atom. The zero-order chi connectivity index (χ0) is 40.7. The molecule has 0 aliphatic heterocycles. The van der Waals surface area contributed by atoms with Crippen molar-refractivity contribution in [3.05, 3.63) is 24.3 Å². The molecule has 0 aromatic carbocycles. The molecule has 55 heavy (non-hydrogen) atoms. The highest BCUT2D eigenvalue weighted by Crippen LogP contribution is 2.47. The third kappa shape index (κ3) is 25.3. The quantitative estimate of drug-likeness (QED) is 0.0164. The third-order valence-electron chi connectivity index (χ3n) is 9.80. The van der Waals surface area contributed by atoms with E-state index < -0.39 is 75.7 Å². The van der Waals surface area contributed by atoms with Crippen molar-refractivity contribution in [1.29, 1.82) is 0 Å². The number of aliphatic hydroxyl groups is 5. The van der Waals surface area contributed by atoms with Gasteiger partial charge in [-0.2, -0.15) is 0 Å². The van der Waals surface area contributed by atoms with Crippen molar-refractivity contribution in [2.24, 2.45) is 0 Å². The van der Waals surface area contributed by atoms with Gasteiger partial charge in [-0.25, -0.2) is 4.57 Å². The SMILES string of the molecule is CCCCC/C=C\C/C=C\CCCCCCCCCC(=O)OC(COC(=O)CCCCCCCCCCC)COP(=O)(O)OC1C(O)C(O)C(O)C(O)C1O. The molecule has 6 N–H and O–H groups in total. The molecule has 6 unspecified atom stereocenters. The van der Waals surface area contributed by atoms with Crippen LogP contribution in [0.2, 0.25) is 0 Å². The molecule has 6 atom stereocenters. The number of hydrogen-bond acceptors (Lipinski definition) is 12. The number of carbonyl (C=O) groups excluding carboxylic acids is 2. The lowest BCUT2D eigenvalue weighted by atomic mass is 9.85. The van der Waals surface area contributed by atoms with Gasteiger partial charge in [-0.15, -0.1) is 0 Å². The van der Waals surface area contributed by atoms with Crippen molar-refractivity contribution < 1.29 is 63.1 Å². The first-order valence-electron chi connectivity index (χ1n) is 21.1. The number of aliphatic hydroxyl groups excluding tert-OH is 5. The summed E-state index contributed by atoms with van der Waals surface area (Å²) >= 11 is 0. The Hall–Kier alpha value is -1.67. The minimum atomic E-state index is -5.11. The molecule has 1 rings (SSSR count). The molecule has 14 heteroatoms. The lowest BCUT2D eigenvalue weighted by Gasteiger charge is -2.41. The van der Waals surface area contributed by atoms with E-state index in [1.807, 2.05) is 0 Å². The van der Waals surface area contributed by atoms with E-state index in [0.717, 1.165) is 77.0 Å². The Kier molecular flexibility index (Phi) is 30.2. The van der Waals surface area contributed by atoms with Crippen molar-refractivity contribution in [2.45, 2.75) is 211 Å². The van der Waals surface area contributed by atoms with Gasteiger partial charge in [0.2, 0.25) is 0 Å². The molecule has 0 aromatic heterocycles. The molecule has 0 bridgehead atoms. The number of rotatable bonds is 34. The molecule has 1 aliphatic carbocycles. The number of phosphoric acid groups is 1. The van der Waals surface area contributed by atoms with Gasteiger partial charge in [0.1, 0.15) is 43.2 Å². The van der Waals surface area contributed by atoms with E-state index >= 15 is 0 Å². The number of carbonyl (C=O) groups is 2. The standard InChI is InChI=1S/C41H75O13P/c1-3-5-7-9-11-13-14-15-16-17-18-19-20-22-24-26-28-30-35(43)53-33(31-51-34(42)29-27-25-23-21-12-10-8-6-4-2)32-52-55(49,50)54-41-39(47)37(45)36(44)38(46)40(41)48/h11,13,15-16,33,36-41,44-48H,3-10,12,14,17-32H2,1-2H3,(H,49,50)/b13-11-,16-15-. The van der Waals surface area contributed by atoms with Crippen LogP contribution >= 0.6 is 7.82 Å². The summed E-state index contributed by atoms with van der Waals surface area (Å²) in [4.78, 5) is 35.5. The number of hydrogen-bond donors (Lipinski definition) is 6. The average Bonchev–Trinajstić information content (AvgIpc) is 3.16. The van der Waals surface area contributed by atoms with Gasteiger partial charge < -0.3 is 39.9 Å². The summed E-state index contributed by atoms with van der Waals surface area (Å²) in [5.41, 5.74) is 0. The van der Waals surface area contributed by atoms with Gasteiger partial charge in [0, 0.05) is 12.8 Å². The molecule has 1 fully saturated rings. The number of ether oxygens (including phenoxy) is 2. The minimum absolute atomic E-state index is 0.0899. The smallest absolute Gasteiger partial charge is 0.462 e. The fraction of sp³-hybridized carbons (Fsp3) is 0.854. The molecule has 322 valence electrons. The Balaban J connectivity index is 2.48. The summed E-state index contributed by atoms with van der Waals surface area (Å²) in [6.45, 7) is 3.22. The van der Waals surface area contributed by atoms with Crippen LogP contribution < -0.4 is 0 Å². The van der Waals surface area contributed by atoms with Crippen molar-refractivity contribution in [3.8, 4) is 0 Å². The van der Waals surface area contributed by atoms with Gasteiger partial charge in [0.15, 0.2) is 6.10 Å². The van der Waals surface area contributed by atoms with Gasteiger partial charge in [0.05, 0.1) is 6.61 Å². The molecule has 0 radical (unpaired) electrons. The first kappa shape index (κ1) is 51.3. The Bertz CT molecular complexity index is 1070. The van der Waals surface area contributed by atoms with Crippen molar-refractivity contribution >= 4 is 19.8 Å². The molecule has 13 nitrogen and oxygen atoms in total. The molecule has 0 saturated heterocycles. The van der Waals surface area contributed by atoms with Crippen LogP contribution in [-0.4, -0.2) is 98.3 Å². The zero-order valence-corrected chi connectivity index (χ0v) is 34.6. The fourth-order valence-electron chi connectivity index (χ4n) is 6.32. The fourth-order valence-corrected chi connectivity index (χ4v) is 7.29. The highest BCUT2D eigenvalue weighted by atomic mass is 31.2. The Morgan fingerprint density at radius 1 is 0.564 bits per heavy atom. The number of phosphoric ester groups is 1. The van der Waals surface area contributed by atoms with Crippen molar-refractivity contribution in [1.82, 2.24) is 0 Å². The third-order valence-corrected chi connectivity index (χ3v) is 10.8. The van der Waals surface area contributed by atoms with E-state index in [2.05, 4.69) is 38.2 Å². The van der Waals surface area contributed by atoms with E-state index in [9.17, 15) is 44.6 Å². The zero-order valence-electron chi connectivity index (χ0n) is 33.7. The van der Waals surface area contributed by atoms with Crippen LogP contribution in [0.25, 0.3) is 0 Å². The summed E-state index contributed by atoms with van der Waals surface area (Å²) in [5.74, 6) is -1.11. The molecular formula is C41H75O13P. The first-order chi connectivity index (χ1) is 26.4. The van der Waals surface area contributed by atoms with Gasteiger partial charge in [-0.1, -0.05) is 134 Å². The maximum atomic E-state index is 12.8. The second kappa shape index (κ2) is 32.3. The predicted octanol–water partition coefficient (Wildman–Crippen LogP) is 7.28. The van der Waals surface area contributed by atoms with Gasteiger partial charge in [-0.05, 0) is 44.9 Å². The molecule has 0 aromatic rings. The second-order valence-electron chi connectivity index (χ2n) is 14.8. The van der Waals surface area contributed by atoms with E-state index in [-0.39, 0.29) is 12.8 Å². The summed E-state index contributed by atoms with van der Waals surface area (Å²) in [6.07, 6.45) is 19.7. The molecule has 1 aliphatic rings. The predicted molar refractivity (Wildman–Crippen MR) is 212 cm³/mol. The lowest BCUT2D eigenvalue weighted by molar-refractivity contribution is -0.220. The van der Waals surface area contributed by atoms with E-state index in [0.29, 0.717) is 12.8 Å². The Labute approximate surface area is 330 Å². The molecular weight excluding hydrogens is 731 g/mol. The van der Waals surface area contributed by atoms with E-state index in [1.54, 1.807) is 0 Å². The van der Waals surface area contributed by atoms with Gasteiger partial charge >= 0.3 is 19.8 Å². The number of esters is 2. The largest absolute Gasteiger partial charge is 0.472 e. The van der Waals surface area contributed by atoms with Gasteiger partial charge in [-0.3, -0.25) is 18.6 Å². The van der Waals surface area contributed by atoms with Crippen molar-refractivity contribution in [2.75, 3.05) is 13.2 Å². The van der Waals surface area contributed by atoms with Crippen LogP contribution in [0.4, 0.5) is 0 Å². The summed E-state index contributed by atoms with van der Waals surface area (Å²) in [6, 6.07) is 0. The van der Waals surface area contributed by atoms with Crippen LogP contribution in [-0.2, 0) is 32.7 Å². The minimum Gasteiger partial charge on any atom is -0.462 e. The topological polar surface area (TPSA) is 210 Å². The normalized spacial score (nSPS) is 23.3. The van der Waals surface area contributed by atoms with Crippen LogP contribution in [0.1, 0.15) is 168 Å². The lowest BCUT2D eigenvalue weighted by Crippen LogP contribution is -2.64. The maximum Gasteiger partial charge on any atom is 0.472 e. The van der Waals surface area contributed by atoms with E-state index in [1.165, 1.54) is 51.4 Å². The average molecular weight is 807 g/mol. The Morgan fingerprint density at radius 2 is 0.982 bits per heavy atom. The van der Waals surface area contributed by atoms with Crippen molar-refractivity contribution in [3.63, 3.8) is 0 Å². The maximum absolute atomic E-state index is 12.8. The molecule has 0 amide bonds. The summed E-state index contributed by atoms with van der Waals surface area (Å²) in [5, 5.41) is 50.0. The first-order valence-corrected chi connectivity index (χ1v) is 22.6. The molecule has 1 saturated carbocycles. The van der Waals surface area contributed by atoms with Crippen LogP contribution in [0, 0.1) is 0 Å². The summed E-state index contributed by atoms with van der Waals surface area (Å²) in [7, 11) is -5.11. The second-order valence-corrected chi connectivity index (χ2v) is 16.3. The highest BCUT2D eigenvalue weighted by Gasteiger charge is 2.51. The summed E-state index contributed by atoms with van der Waals surface area (Å²) < 4.78 is 33.4. The van der Waals surface area contributed by atoms with E-state index in [4.69, 9.17) is 18.5 Å².